The largest absolute Gasteiger partial charge is 0.496 e. The molecule has 1 N–H and O–H groups in total. The highest BCUT2D eigenvalue weighted by atomic mass is 16.6. The molecular weight excluding hydrogens is 440 g/mol. The number of hydrogen-bond acceptors (Lipinski definition) is 5. The molecule has 2 aromatic carbocycles. The van der Waals surface area contributed by atoms with Gasteiger partial charge in [0.1, 0.15) is 17.1 Å². The van der Waals surface area contributed by atoms with Gasteiger partial charge in [0.25, 0.3) is 0 Å². The zero-order valence-electron chi connectivity index (χ0n) is 22.2. The lowest BCUT2D eigenvalue weighted by atomic mass is 9.80. The average Bonchev–Trinajstić information content (AvgIpc) is 2.81. The van der Waals surface area contributed by atoms with Crippen LogP contribution in [0.4, 0.5) is 4.79 Å². The van der Waals surface area contributed by atoms with Crippen LogP contribution in [0.15, 0.2) is 48.5 Å². The van der Waals surface area contributed by atoms with Gasteiger partial charge in [0.2, 0.25) is 0 Å². The first-order valence-corrected chi connectivity index (χ1v) is 12.4. The number of piperidine rings is 1. The van der Waals surface area contributed by atoms with E-state index >= 15 is 0 Å². The summed E-state index contributed by atoms with van der Waals surface area (Å²) >= 11 is 0. The summed E-state index contributed by atoms with van der Waals surface area (Å²) in [6, 6.07) is 16.0. The van der Waals surface area contributed by atoms with E-state index < -0.39 is 11.0 Å². The Kier molecular flexibility index (Phi) is 8.26. The molecule has 6 heteroatoms. The van der Waals surface area contributed by atoms with Gasteiger partial charge < -0.3 is 14.8 Å². The number of ether oxygens (including phenoxy) is 2. The molecule has 6 nitrogen and oxygen atoms in total. The van der Waals surface area contributed by atoms with Gasteiger partial charge in [0.05, 0.1) is 13.2 Å². The Hall–Kier alpha value is -2.86. The Morgan fingerprint density at radius 1 is 1.06 bits per heavy atom. The van der Waals surface area contributed by atoms with Gasteiger partial charge in [0, 0.05) is 30.1 Å². The van der Waals surface area contributed by atoms with Crippen LogP contribution in [0, 0.1) is 0 Å². The predicted molar refractivity (Wildman–Crippen MR) is 139 cm³/mol. The molecule has 0 radical (unpaired) electrons. The van der Waals surface area contributed by atoms with Crippen LogP contribution in [-0.4, -0.2) is 42.1 Å². The first-order valence-electron chi connectivity index (χ1n) is 12.4. The lowest BCUT2D eigenvalue weighted by molar-refractivity contribution is -0.121. The summed E-state index contributed by atoms with van der Waals surface area (Å²) in [4.78, 5) is 27.3. The number of hydrogen-bond donors (Lipinski definition) is 1. The van der Waals surface area contributed by atoms with Crippen molar-refractivity contribution in [2.45, 2.75) is 84.0 Å². The van der Waals surface area contributed by atoms with Crippen LogP contribution in [0.1, 0.15) is 77.1 Å². The molecule has 0 aromatic heterocycles. The fraction of sp³-hybridized carbons (Fsp3) is 0.517. The second kappa shape index (κ2) is 10.8. The number of likely N-dealkylation sites (tertiary alicyclic amines) is 1. The van der Waals surface area contributed by atoms with E-state index in [-0.39, 0.29) is 24.0 Å². The van der Waals surface area contributed by atoms with Crippen molar-refractivity contribution in [3.63, 3.8) is 0 Å². The average molecular weight is 481 g/mol. The Labute approximate surface area is 210 Å². The van der Waals surface area contributed by atoms with E-state index in [9.17, 15) is 9.59 Å². The summed E-state index contributed by atoms with van der Waals surface area (Å²) in [7, 11) is 1.66. The van der Waals surface area contributed by atoms with E-state index in [0.717, 1.165) is 35.3 Å². The molecule has 2 aromatic rings. The van der Waals surface area contributed by atoms with Crippen molar-refractivity contribution in [2.75, 3.05) is 13.7 Å². The van der Waals surface area contributed by atoms with Crippen LogP contribution in [0.5, 0.6) is 5.75 Å². The highest BCUT2D eigenvalue weighted by molar-refractivity contribution is 5.87. The summed E-state index contributed by atoms with van der Waals surface area (Å²) in [5.74, 6) is 0.891. The van der Waals surface area contributed by atoms with Gasteiger partial charge in [0.15, 0.2) is 0 Å². The number of nitrogens with one attached hydrogen (secondary N) is 1. The number of benzene rings is 2. The zero-order chi connectivity index (χ0) is 25.8. The quantitative estimate of drug-likeness (QED) is 0.543. The van der Waals surface area contributed by atoms with Gasteiger partial charge >= 0.3 is 6.09 Å². The summed E-state index contributed by atoms with van der Waals surface area (Å²) in [5.41, 5.74) is 1.89. The third-order valence-corrected chi connectivity index (χ3v) is 6.84. The van der Waals surface area contributed by atoms with Crippen LogP contribution in [0.3, 0.4) is 0 Å². The SMILES string of the molecule is COc1ccc(C(C)(C)C(C)=O)cc1CNC1CCCN(C(=O)OC(C)(C)C)C1c1ccccc1. The molecule has 1 amide bonds. The molecule has 35 heavy (non-hydrogen) atoms. The maximum Gasteiger partial charge on any atom is 0.410 e. The lowest BCUT2D eigenvalue weighted by Crippen LogP contribution is -2.51. The summed E-state index contributed by atoms with van der Waals surface area (Å²) in [5, 5.41) is 3.70. The minimum atomic E-state index is -0.577. The molecule has 0 spiro atoms. The van der Waals surface area contributed by atoms with Gasteiger partial charge in [-0.25, -0.2) is 4.79 Å². The second-order valence-corrected chi connectivity index (χ2v) is 10.9. The molecule has 0 saturated carbocycles. The van der Waals surface area contributed by atoms with E-state index in [4.69, 9.17) is 9.47 Å². The Morgan fingerprint density at radius 2 is 1.74 bits per heavy atom. The van der Waals surface area contributed by atoms with Gasteiger partial charge in [-0.1, -0.05) is 36.4 Å². The molecule has 0 aliphatic carbocycles. The number of Topliss-reactive ketones (excluding diaryl/α,β-unsaturated/α-hetero) is 1. The number of ketones is 1. The molecular formula is C29H40N2O4. The van der Waals surface area contributed by atoms with Gasteiger partial charge in [-0.3, -0.25) is 9.69 Å². The van der Waals surface area contributed by atoms with Crippen LogP contribution in [0.25, 0.3) is 0 Å². The standard InChI is InChI=1S/C29H40N2O4/c1-20(32)29(5,6)23-15-16-25(34-7)22(18-23)19-30-24-14-11-17-31(27(33)35-28(2,3)4)26(24)21-12-9-8-10-13-21/h8-10,12-13,15-16,18,24,26,30H,11,14,17,19H2,1-7H3. The normalized spacial score (nSPS) is 18.8. The van der Waals surface area contributed by atoms with Crippen LogP contribution in [0.2, 0.25) is 0 Å². The van der Waals surface area contributed by atoms with Crippen molar-refractivity contribution in [3.05, 3.63) is 65.2 Å². The number of methoxy groups -OCH3 is 1. The minimum Gasteiger partial charge on any atom is -0.496 e. The van der Waals surface area contributed by atoms with E-state index in [1.54, 1.807) is 14.0 Å². The third kappa shape index (κ3) is 6.43. The third-order valence-electron chi connectivity index (χ3n) is 6.84. The van der Waals surface area contributed by atoms with E-state index in [1.807, 2.05) is 69.9 Å². The van der Waals surface area contributed by atoms with Crippen molar-refractivity contribution < 1.29 is 19.1 Å². The number of nitrogens with zero attached hydrogens (tertiary/aromatic N) is 1. The Morgan fingerprint density at radius 3 is 2.34 bits per heavy atom. The highest BCUT2D eigenvalue weighted by Gasteiger charge is 2.37. The Bertz CT molecular complexity index is 1030. The summed E-state index contributed by atoms with van der Waals surface area (Å²) in [6.45, 7) is 12.4. The van der Waals surface area contributed by atoms with Crippen molar-refractivity contribution >= 4 is 11.9 Å². The maximum atomic E-state index is 13.2. The van der Waals surface area contributed by atoms with Crippen LogP contribution in [-0.2, 0) is 21.5 Å². The predicted octanol–water partition coefficient (Wildman–Crippen LogP) is 5.79. The summed E-state index contributed by atoms with van der Waals surface area (Å²) in [6.07, 6.45) is 1.52. The molecule has 1 saturated heterocycles. The van der Waals surface area contributed by atoms with Gasteiger partial charge in [-0.15, -0.1) is 0 Å². The molecule has 190 valence electrons. The smallest absolute Gasteiger partial charge is 0.410 e. The number of carbonyl (C=O) groups is 2. The van der Waals surface area contributed by atoms with E-state index in [1.165, 1.54) is 0 Å². The number of amides is 1. The van der Waals surface area contributed by atoms with Crippen LogP contribution >= 0.6 is 0 Å². The maximum absolute atomic E-state index is 13.2. The summed E-state index contributed by atoms with van der Waals surface area (Å²) < 4.78 is 11.4. The van der Waals surface area contributed by atoms with Crippen molar-refractivity contribution in [1.82, 2.24) is 10.2 Å². The van der Waals surface area contributed by atoms with Gasteiger partial charge in [-0.2, -0.15) is 0 Å². The van der Waals surface area contributed by atoms with Gasteiger partial charge in [-0.05, 0) is 77.6 Å². The first kappa shape index (κ1) is 26.7. The molecule has 1 aliphatic rings. The first-order chi connectivity index (χ1) is 16.4. The van der Waals surface area contributed by atoms with E-state index in [0.29, 0.717) is 13.1 Å². The van der Waals surface area contributed by atoms with Crippen molar-refractivity contribution in [2.24, 2.45) is 0 Å². The fourth-order valence-electron chi connectivity index (χ4n) is 4.55. The number of carbonyl (C=O) groups excluding carboxylic acids is 2. The number of rotatable bonds is 7. The molecule has 2 unspecified atom stereocenters. The second-order valence-electron chi connectivity index (χ2n) is 10.9. The highest BCUT2D eigenvalue weighted by Crippen LogP contribution is 2.34. The minimum absolute atomic E-state index is 0.0350. The topological polar surface area (TPSA) is 67.9 Å². The van der Waals surface area contributed by atoms with Crippen LogP contribution < -0.4 is 10.1 Å². The molecule has 3 rings (SSSR count). The molecule has 1 heterocycles. The monoisotopic (exact) mass is 480 g/mol. The molecule has 2 atom stereocenters. The van der Waals surface area contributed by atoms with Crippen molar-refractivity contribution in [1.29, 1.82) is 0 Å². The zero-order valence-corrected chi connectivity index (χ0v) is 22.2. The fourth-order valence-corrected chi connectivity index (χ4v) is 4.55. The Balaban J connectivity index is 1.89. The van der Waals surface area contributed by atoms with E-state index in [2.05, 4.69) is 23.5 Å². The lowest BCUT2D eigenvalue weighted by Gasteiger charge is -2.42. The molecule has 0 bridgehead atoms. The molecule has 1 fully saturated rings. The van der Waals surface area contributed by atoms with Crippen molar-refractivity contribution in [3.8, 4) is 5.75 Å². The molecule has 1 aliphatic heterocycles.